The van der Waals surface area contributed by atoms with E-state index < -0.39 is 34.8 Å². The summed E-state index contributed by atoms with van der Waals surface area (Å²) in [5.74, 6) is -6.58. The Balaban J connectivity index is 2.38. The maximum Gasteiger partial charge on any atom is 0.253 e. The summed E-state index contributed by atoms with van der Waals surface area (Å²) < 4.78 is 52.2. The molecule has 2 rings (SSSR count). The summed E-state index contributed by atoms with van der Waals surface area (Å²) in [6, 6.07) is 0. The summed E-state index contributed by atoms with van der Waals surface area (Å²) in [6.45, 7) is -0.364. The van der Waals surface area contributed by atoms with E-state index in [2.05, 4.69) is 10.3 Å². The number of hydrogen-bond donors (Lipinski definition) is 2. The molecule has 1 saturated carbocycles. The molecule has 0 radical (unpaired) electrons. The van der Waals surface area contributed by atoms with Crippen molar-refractivity contribution in [1.82, 2.24) is 4.98 Å². The van der Waals surface area contributed by atoms with Gasteiger partial charge in [0, 0.05) is 0 Å². The molecule has 1 aromatic rings. The summed E-state index contributed by atoms with van der Waals surface area (Å²) in [7, 11) is 0. The molecule has 1 aromatic heterocycles. The van der Waals surface area contributed by atoms with Gasteiger partial charge < -0.3 is 10.4 Å². The highest BCUT2D eigenvalue weighted by molar-refractivity contribution is 5.48. The second-order valence-electron chi connectivity index (χ2n) is 4.11. The lowest BCUT2D eigenvalue weighted by Crippen LogP contribution is -2.48. The second kappa shape index (κ2) is 4.14. The molecule has 0 aromatic carbocycles. The summed E-state index contributed by atoms with van der Waals surface area (Å²) in [6.07, 6.45) is 1.73. The molecule has 7 heteroatoms. The fourth-order valence-corrected chi connectivity index (χ4v) is 1.79. The van der Waals surface area contributed by atoms with Crippen LogP contribution in [0.5, 0.6) is 0 Å². The number of pyridine rings is 1. The molecule has 0 atom stereocenters. The molecule has 0 bridgehead atoms. The van der Waals surface area contributed by atoms with Crippen molar-refractivity contribution in [2.45, 2.75) is 24.8 Å². The van der Waals surface area contributed by atoms with Crippen molar-refractivity contribution >= 4 is 5.69 Å². The average molecular weight is 250 g/mol. The molecule has 0 aliphatic heterocycles. The fraction of sp³-hybridized carbons (Fsp3) is 0.500. The molecule has 0 amide bonds. The number of hydrogen-bond acceptors (Lipinski definition) is 3. The largest absolute Gasteiger partial charge is 0.394 e. The van der Waals surface area contributed by atoms with E-state index in [4.69, 9.17) is 5.11 Å². The molecule has 1 fully saturated rings. The third-order valence-electron chi connectivity index (χ3n) is 3.00. The minimum absolute atomic E-state index is 0.364. The van der Waals surface area contributed by atoms with Gasteiger partial charge in [0.1, 0.15) is 5.69 Å². The number of nitrogens with one attached hydrogen (secondary N) is 1. The van der Waals surface area contributed by atoms with Gasteiger partial charge >= 0.3 is 0 Å². The van der Waals surface area contributed by atoms with Gasteiger partial charge in [-0.3, -0.25) is 0 Å². The van der Waals surface area contributed by atoms with Crippen LogP contribution in [0.2, 0.25) is 0 Å². The van der Waals surface area contributed by atoms with E-state index in [0.29, 0.717) is 12.8 Å². The van der Waals surface area contributed by atoms with E-state index in [1.165, 1.54) is 0 Å². The normalized spacial score (nSPS) is 17.7. The number of nitrogens with zero attached hydrogens (tertiary/aromatic N) is 1. The van der Waals surface area contributed by atoms with Gasteiger partial charge in [-0.15, -0.1) is 0 Å². The lowest BCUT2D eigenvalue weighted by atomic mass is 9.77. The van der Waals surface area contributed by atoms with Gasteiger partial charge in [0.15, 0.2) is 0 Å². The lowest BCUT2D eigenvalue weighted by molar-refractivity contribution is 0.143. The molecule has 2 N–H and O–H groups in total. The van der Waals surface area contributed by atoms with Crippen LogP contribution in [0.15, 0.2) is 0 Å². The molecule has 0 unspecified atom stereocenters. The highest BCUT2D eigenvalue weighted by atomic mass is 19.2. The van der Waals surface area contributed by atoms with Gasteiger partial charge in [-0.1, -0.05) is 0 Å². The van der Waals surface area contributed by atoms with Gasteiger partial charge in [-0.05, 0) is 19.3 Å². The Labute approximate surface area is 94.5 Å². The minimum Gasteiger partial charge on any atom is -0.394 e. The van der Waals surface area contributed by atoms with Crippen LogP contribution in [0, 0.1) is 23.5 Å². The number of halogens is 4. The Kier molecular flexibility index (Phi) is 2.94. The molecule has 1 aliphatic rings. The SMILES string of the molecule is OCC1(Nc2c(F)c(F)nc(F)c2F)CCC1. The van der Waals surface area contributed by atoms with Gasteiger partial charge in [-0.25, -0.2) is 0 Å². The Morgan fingerprint density at radius 2 is 1.65 bits per heavy atom. The molecule has 1 heterocycles. The molecular formula is C10H10F4N2O. The third-order valence-corrected chi connectivity index (χ3v) is 3.00. The number of aromatic nitrogens is 1. The van der Waals surface area contributed by atoms with Crippen LogP contribution in [0.25, 0.3) is 0 Å². The second-order valence-corrected chi connectivity index (χ2v) is 4.11. The Bertz CT molecular complexity index is 417. The first-order chi connectivity index (χ1) is 7.99. The standard InChI is InChI=1S/C10H10F4N2O/c11-5-7(6(12)9(14)15-8(5)13)16-10(4-17)2-1-3-10/h17H,1-4H2,(H,15,16). The van der Waals surface area contributed by atoms with Crippen LogP contribution in [-0.2, 0) is 0 Å². The first kappa shape index (κ1) is 12.1. The molecule has 1 aliphatic carbocycles. The van der Waals surface area contributed by atoms with Crippen molar-refractivity contribution in [3.63, 3.8) is 0 Å². The zero-order valence-electron chi connectivity index (χ0n) is 8.73. The van der Waals surface area contributed by atoms with Crippen LogP contribution >= 0.6 is 0 Å². The van der Waals surface area contributed by atoms with Gasteiger partial charge in [0.2, 0.25) is 11.6 Å². The lowest BCUT2D eigenvalue weighted by Gasteiger charge is -2.41. The first-order valence-electron chi connectivity index (χ1n) is 5.08. The molecular weight excluding hydrogens is 240 g/mol. The molecule has 94 valence electrons. The first-order valence-corrected chi connectivity index (χ1v) is 5.08. The van der Waals surface area contributed by atoms with Crippen molar-refractivity contribution in [3.05, 3.63) is 23.5 Å². The highest BCUT2D eigenvalue weighted by Crippen LogP contribution is 2.36. The van der Waals surface area contributed by atoms with Crippen molar-refractivity contribution in [3.8, 4) is 0 Å². The van der Waals surface area contributed by atoms with Crippen molar-refractivity contribution < 1.29 is 22.7 Å². The monoisotopic (exact) mass is 250 g/mol. The predicted molar refractivity (Wildman–Crippen MR) is 51.4 cm³/mol. The van der Waals surface area contributed by atoms with E-state index in [1.54, 1.807) is 0 Å². The topological polar surface area (TPSA) is 45.1 Å². The molecule has 17 heavy (non-hydrogen) atoms. The van der Waals surface area contributed by atoms with Crippen molar-refractivity contribution in [2.75, 3.05) is 11.9 Å². The van der Waals surface area contributed by atoms with Gasteiger partial charge in [0.05, 0.1) is 12.1 Å². The predicted octanol–water partition coefficient (Wildman–Crippen LogP) is 1.96. The summed E-state index contributed by atoms with van der Waals surface area (Å²) in [4.78, 5) is 2.45. The maximum absolute atomic E-state index is 13.3. The van der Waals surface area contributed by atoms with Crippen LogP contribution in [0.4, 0.5) is 23.2 Å². The Morgan fingerprint density at radius 1 is 1.12 bits per heavy atom. The van der Waals surface area contributed by atoms with Gasteiger partial charge in [0.25, 0.3) is 11.9 Å². The van der Waals surface area contributed by atoms with E-state index >= 15 is 0 Å². The Morgan fingerprint density at radius 3 is 2.00 bits per heavy atom. The number of aliphatic hydroxyl groups excluding tert-OH is 1. The number of rotatable bonds is 3. The zero-order valence-corrected chi connectivity index (χ0v) is 8.73. The fourth-order valence-electron chi connectivity index (χ4n) is 1.79. The Hall–Kier alpha value is -1.37. The summed E-state index contributed by atoms with van der Waals surface area (Å²) in [5, 5.41) is 11.4. The smallest absolute Gasteiger partial charge is 0.253 e. The summed E-state index contributed by atoms with van der Waals surface area (Å²) in [5.41, 5.74) is -1.81. The van der Waals surface area contributed by atoms with E-state index in [1.807, 2.05) is 0 Å². The van der Waals surface area contributed by atoms with Gasteiger partial charge in [-0.2, -0.15) is 22.5 Å². The number of aliphatic hydroxyl groups is 1. The van der Waals surface area contributed by atoms with Crippen LogP contribution in [0.3, 0.4) is 0 Å². The zero-order chi connectivity index (χ0) is 12.6. The third kappa shape index (κ3) is 1.95. The summed E-state index contributed by atoms with van der Waals surface area (Å²) >= 11 is 0. The van der Waals surface area contributed by atoms with Crippen LogP contribution in [-0.4, -0.2) is 22.2 Å². The molecule has 0 spiro atoms. The highest BCUT2D eigenvalue weighted by Gasteiger charge is 2.38. The quantitative estimate of drug-likeness (QED) is 0.636. The van der Waals surface area contributed by atoms with Crippen LogP contribution in [0.1, 0.15) is 19.3 Å². The molecule has 3 nitrogen and oxygen atoms in total. The van der Waals surface area contributed by atoms with E-state index in [9.17, 15) is 17.6 Å². The van der Waals surface area contributed by atoms with Crippen molar-refractivity contribution in [2.24, 2.45) is 0 Å². The average Bonchev–Trinajstić information content (AvgIpc) is 2.25. The maximum atomic E-state index is 13.3. The molecule has 0 saturated heterocycles. The minimum atomic E-state index is -1.71. The van der Waals surface area contributed by atoms with Crippen molar-refractivity contribution in [1.29, 1.82) is 0 Å². The van der Waals surface area contributed by atoms with E-state index in [0.717, 1.165) is 6.42 Å². The number of anilines is 1. The van der Waals surface area contributed by atoms with Crippen LogP contribution < -0.4 is 5.32 Å². The van der Waals surface area contributed by atoms with E-state index in [-0.39, 0.29) is 6.61 Å².